The third kappa shape index (κ3) is 2.59. The number of hydrogen-bond acceptors (Lipinski definition) is 3. The Hall–Kier alpha value is -3.15. The van der Waals surface area contributed by atoms with Crippen molar-refractivity contribution in [2.45, 2.75) is 0 Å². The second-order valence-corrected chi connectivity index (χ2v) is 4.54. The van der Waals surface area contributed by atoms with Crippen LogP contribution in [0.15, 0.2) is 48.8 Å². The van der Waals surface area contributed by atoms with E-state index in [-0.39, 0.29) is 5.91 Å². The molecule has 6 heteroatoms. The number of anilines is 1. The standard InChI is InChI=1S/C15H12N4O2/c16-13(20)9-2-1-3-11(6-9)15(21)19-12-7-10-4-5-17-14(10)18-8-12/h1-8H,(H2,16,20)(H,17,18)(H,19,21). The highest BCUT2D eigenvalue weighted by atomic mass is 16.2. The van der Waals surface area contributed by atoms with E-state index in [2.05, 4.69) is 15.3 Å². The van der Waals surface area contributed by atoms with Gasteiger partial charge in [0.05, 0.1) is 11.9 Å². The molecule has 1 aromatic carbocycles. The van der Waals surface area contributed by atoms with Gasteiger partial charge in [0.25, 0.3) is 5.91 Å². The number of carbonyl (C=O) groups is 2. The number of nitrogens with zero attached hydrogens (tertiary/aromatic N) is 1. The Kier molecular flexibility index (Phi) is 3.12. The van der Waals surface area contributed by atoms with E-state index < -0.39 is 5.91 Å². The Morgan fingerprint density at radius 1 is 1.14 bits per heavy atom. The molecule has 4 N–H and O–H groups in total. The summed E-state index contributed by atoms with van der Waals surface area (Å²) in [5.74, 6) is -0.894. The van der Waals surface area contributed by atoms with Gasteiger partial charge in [-0.2, -0.15) is 0 Å². The Morgan fingerprint density at radius 3 is 2.76 bits per heavy atom. The highest BCUT2D eigenvalue weighted by Gasteiger charge is 2.09. The molecule has 0 unspecified atom stereocenters. The number of aromatic amines is 1. The quantitative estimate of drug-likeness (QED) is 0.683. The van der Waals surface area contributed by atoms with E-state index in [0.717, 1.165) is 11.0 Å². The summed E-state index contributed by atoms with van der Waals surface area (Å²) in [6.45, 7) is 0. The number of carbonyl (C=O) groups excluding carboxylic acids is 2. The molecule has 21 heavy (non-hydrogen) atoms. The molecule has 0 saturated heterocycles. The van der Waals surface area contributed by atoms with Crippen molar-refractivity contribution >= 4 is 28.5 Å². The Labute approximate surface area is 120 Å². The number of primary amides is 1. The van der Waals surface area contributed by atoms with Crippen LogP contribution in [-0.2, 0) is 0 Å². The molecule has 0 radical (unpaired) electrons. The van der Waals surface area contributed by atoms with Crippen LogP contribution in [0.1, 0.15) is 20.7 Å². The summed E-state index contributed by atoms with van der Waals surface area (Å²) in [4.78, 5) is 30.5. The second-order valence-electron chi connectivity index (χ2n) is 4.54. The monoisotopic (exact) mass is 280 g/mol. The minimum Gasteiger partial charge on any atom is -0.366 e. The first kappa shape index (κ1) is 12.9. The molecule has 3 aromatic rings. The zero-order valence-corrected chi connectivity index (χ0v) is 11.0. The molecule has 2 heterocycles. The number of amides is 2. The van der Waals surface area contributed by atoms with Crippen molar-refractivity contribution in [2.75, 3.05) is 5.32 Å². The zero-order chi connectivity index (χ0) is 14.8. The normalized spacial score (nSPS) is 10.5. The van der Waals surface area contributed by atoms with Crippen molar-refractivity contribution in [2.24, 2.45) is 5.73 Å². The number of pyridine rings is 1. The average molecular weight is 280 g/mol. The largest absolute Gasteiger partial charge is 0.366 e. The number of nitrogens with one attached hydrogen (secondary N) is 2. The van der Waals surface area contributed by atoms with Gasteiger partial charge in [-0.3, -0.25) is 9.59 Å². The number of nitrogens with two attached hydrogens (primary N) is 1. The van der Waals surface area contributed by atoms with Crippen molar-refractivity contribution in [1.29, 1.82) is 0 Å². The maximum Gasteiger partial charge on any atom is 0.255 e. The van der Waals surface area contributed by atoms with E-state index in [1.807, 2.05) is 12.1 Å². The van der Waals surface area contributed by atoms with E-state index in [1.54, 1.807) is 30.6 Å². The molecule has 2 aromatic heterocycles. The first-order chi connectivity index (χ1) is 10.1. The molecule has 0 aliphatic heterocycles. The molecule has 104 valence electrons. The van der Waals surface area contributed by atoms with E-state index in [9.17, 15) is 9.59 Å². The fourth-order valence-electron chi connectivity index (χ4n) is 2.03. The molecule has 0 saturated carbocycles. The molecule has 0 aliphatic carbocycles. The number of hydrogen-bond donors (Lipinski definition) is 3. The van der Waals surface area contributed by atoms with E-state index in [1.165, 1.54) is 6.07 Å². The van der Waals surface area contributed by atoms with Crippen LogP contribution in [0.3, 0.4) is 0 Å². The number of H-pyrrole nitrogens is 1. The van der Waals surface area contributed by atoms with Crippen LogP contribution in [0, 0.1) is 0 Å². The predicted octanol–water partition coefficient (Wildman–Crippen LogP) is 1.91. The summed E-state index contributed by atoms with van der Waals surface area (Å²) < 4.78 is 0. The van der Waals surface area contributed by atoms with Gasteiger partial charge in [-0.05, 0) is 30.3 Å². The molecule has 0 spiro atoms. The fourth-order valence-corrected chi connectivity index (χ4v) is 2.03. The van der Waals surface area contributed by atoms with Gasteiger partial charge in [0.15, 0.2) is 0 Å². The molecule has 0 bridgehead atoms. The molecule has 0 aliphatic rings. The average Bonchev–Trinajstić information content (AvgIpc) is 2.95. The summed E-state index contributed by atoms with van der Waals surface area (Å²) in [6, 6.07) is 9.93. The highest BCUT2D eigenvalue weighted by Crippen LogP contribution is 2.16. The topological polar surface area (TPSA) is 101 Å². The highest BCUT2D eigenvalue weighted by molar-refractivity contribution is 6.06. The van der Waals surface area contributed by atoms with Gasteiger partial charge in [-0.15, -0.1) is 0 Å². The van der Waals surface area contributed by atoms with Gasteiger partial charge in [0.1, 0.15) is 5.65 Å². The van der Waals surface area contributed by atoms with Crippen molar-refractivity contribution in [3.05, 3.63) is 59.9 Å². The zero-order valence-electron chi connectivity index (χ0n) is 11.0. The van der Waals surface area contributed by atoms with Crippen LogP contribution in [0.2, 0.25) is 0 Å². The van der Waals surface area contributed by atoms with E-state index >= 15 is 0 Å². The maximum absolute atomic E-state index is 12.2. The minimum absolute atomic E-state index is 0.293. The third-order valence-corrected chi connectivity index (χ3v) is 3.07. The lowest BCUT2D eigenvalue weighted by Crippen LogP contribution is -2.15. The summed E-state index contributed by atoms with van der Waals surface area (Å²) in [5.41, 5.74) is 7.19. The Balaban J connectivity index is 1.85. The molecular weight excluding hydrogens is 268 g/mol. The van der Waals surface area contributed by atoms with E-state index in [0.29, 0.717) is 16.8 Å². The van der Waals surface area contributed by atoms with Crippen LogP contribution in [0.4, 0.5) is 5.69 Å². The second kappa shape index (κ2) is 5.09. The molecule has 6 nitrogen and oxygen atoms in total. The molecule has 2 amide bonds. The first-order valence-corrected chi connectivity index (χ1v) is 6.28. The number of fused-ring (bicyclic) bond motifs is 1. The molecular formula is C15H12N4O2. The van der Waals surface area contributed by atoms with Gasteiger partial charge in [-0.25, -0.2) is 4.98 Å². The van der Waals surface area contributed by atoms with Gasteiger partial charge in [-0.1, -0.05) is 6.07 Å². The van der Waals surface area contributed by atoms with Gasteiger partial charge >= 0.3 is 0 Å². The van der Waals surface area contributed by atoms with Gasteiger partial charge < -0.3 is 16.0 Å². The smallest absolute Gasteiger partial charge is 0.255 e. The van der Waals surface area contributed by atoms with Crippen LogP contribution in [-0.4, -0.2) is 21.8 Å². The maximum atomic E-state index is 12.2. The van der Waals surface area contributed by atoms with Crippen molar-refractivity contribution in [3.8, 4) is 0 Å². The number of rotatable bonds is 3. The van der Waals surface area contributed by atoms with Crippen molar-refractivity contribution in [3.63, 3.8) is 0 Å². The minimum atomic E-state index is -0.569. The summed E-state index contributed by atoms with van der Waals surface area (Å²) in [7, 11) is 0. The lowest BCUT2D eigenvalue weighted by Gasteiger charge is -2.06. The Bertz CT molecular complexity index is 838. The summed E-state index contributed by atoms with van der Waals surface area (Å²) in [6.07, 6.45) is 3.34. The molecule has 3 rings (SSSR count). The van der Waals surface area contributed by atoms with Crippen LogP contribution >= 0.6 is 0 Å². The number of benzene rings is 1. The fraction of sp³-hybridized carbons (Fsp3) is 0. The molecule has 0 atom stereocenters. The molecule has 0 fully saturated rings. The van der Waals surface area contributed by atoms with Crippen LogP contribution in [0.25, 0.3) is 11.0 Å². The van der Waals surface area contributed by atoms with Crippen LogP contribution < -0.4 is 11.1 Å². The SMILES string of the molecule is NC(=O)c1cccc(C(=O)Nc2cnc3[nH]ccc3c2)c1. The number of aromatic nitrogens is 2. The summed E-state index contributed by atoms with van der Waals surface area (Å²) in [5, 5.41) is 3.64. The lowest BCUT2D eigenvalue weighted by molar-refractivity contribution is 0.1000. The summed E-state index contributed by atoms with van der Waals surface area (Å²) >= 11 is 0. The Morgan fingerprint density at radius 2 is 1.95 bits per heavy atom. The van der Waals surface area contributed by atoms with Crippen molar-refractivity contribution in [1.82, 2.24) is 9.97 Å². The van der Waals surface area contributed by atoms with Crippen LogP contribution in [0.5, 0.6) is 0 Å². The lowest BCUT2D eigenvalue weighted by atomic mass is 10.1. The predicted molar refractivity (Wildman–Crippen MR) is 79.0 cm³/mol. The van der Waals surface area contributed by atoms with Crippen molar-refractivity contribution < 1.29 is 9.59 Å². The van der Waals surface area contributed by atoms with E-state index in [4.69, 9.17) is 5.73 Å². The van der Waals surface area contributed by atoms with Gasteiger partial charge in [0, 0.05) is 22.7 Å². The first-order valence-electron chi connectivity index (χ1n) is 6.28. The third-order valence-electron chi connectivity index (χ3n) is 3.07. The van der Waals surface area contributed by atoms with Gasteiger partial charge in [0.2, 0.25) is 5.91 Å².